The number of carbonyl (C=O) groups is 1. The van der Waals surface area contributed by atoms with E-state index in [2.05, 4.69) is 0 Å². The van der Waals surface area contributed by atoms with Crippen LogP contribution in [-0.4, -0.2) is 12.6 Å². The van der Waals surface area contributed by atoms with Crippen molar-refractivity contribution in [1.82, 2.24) is 0 Å². The number of carbonyl (C=O) groups excluding carboxylic acids is 1. The number of hydrogen-bond acceptors (Lipinski definition) is 5. The van der Waals surface area contributed by atoms with E-state index in [4.69, 9.17) is 13.9 Å². The molecule has 0 atom stereocenters. The van der Waals surface area contributed by atoms with E-state index in [1.165, 1.54) is 6.07 Å². The molecule has 0 amide bonds. The number of aryl methyl sites for hydroxylation is 3. The van der Waals surface area contributed by atoms with E-state index < -0.39 is 11.6 Å². The molecule has 5 nitrogen and oxygen atoms in total. The van der Waals surface area contributed by atoms with Gasteiger partial charge in [0.05, 0.1) is 0 Å². The molecule has 0 aliphatic carbocycles. The second-order valence-electron chi connectivity index (χ2n) is 6.55. The number of benzene rings is 2. The fourth-order valence-electron chi connectivity index (χ4n) is 2.97. The van der Waals surface area contributed by atoms with Crippen LogP contribution in [0.2, 0.25) is 0 Å². The summed E-state index contributed by atoms with van der Waals surface area (Å²) in [5, 5.41) is 0.759. The van der Waals surface area contributed by atoms with Crippen molar-refractivity contribution in [1.29, 1.82) is 0 Å². The maximum absolute atomic E-state index is 12.0. The second-order valence-corrected chi connectivity index (χ2v) is 6.55. The number of rotatable bonds is 6. The minimum Gasteiger partial charge on any atom is -0.482 e. The first kappa shape index (κ1) is 18.7. The van der Waals surface area contributed by atoms with Gasteiger partial charge in [-0.05, 0) is 55.2 Å². The lowest BCUT2D eigenvalue weighted by atomic mass is 10.1. The minimum absolute atomic E-state index is 0.0113. The molecule has 3 aromatic rings. The molecule has 5 heteroatoms. The van der Waals surface area contributed by atoms with Crippen LogP contribution in [0.3, 0.4) is 0 Å². The summed E-state index contributed by atoms with van der Waals surface area (Å²) in [4.78, 5) is 23.8. The second kappa shape index (κ2) is 8.08. The van der Waals surface area contributed by atoms with E-state index in [0.29, 0.717) is 16.9 Å². The normalized spacial score (nSPS) is 10.8. The number of fused-ring (bicyclic) bond motifs is 1. The van der Waals surface area contributed by atoms with Crippen LogP contribution in [0.1, 0.15) is 29.2 Å². The van der Waals surface area contributed by atoms with Crippen LogP contribution in [0, 0.1) is 13.8 Å². The Bertz CT molecular complexity index is 1010. The molecular formula is C22H22O5. The van der Waals surface area contributed by atoms with Gasteiger partial charge in [-0.1, -0.05) is 25.1 Å². The van der Waals surface area contributed by atoms with Gasteiger partial charge < -0.3 is 13.9 Å². The largest absolute Gasteiger partial charge is 0.482 e. The Labute approximate surface area is 157 Å². The first-order valence-corrected chi connectivity index (χ1v) is 8.87. The molecule has 3 rings (SSSR count). The Hall–Kier alpha value is -3.08. The molecule has 1 heterocycles. The summed E-state index contributed by atoms with van der Waals surface area (Å²) in [6, 6.07) is 12.8. The van der Waals surface area contributed by atoms with Crippen molar-refractivity contribution in [2.24, 2.45) is 0 Å². The molecule has 27 heavy (non-hydrogen) atoms. The third-order valence-corrected chi connectivity index (χ3v) is 4.24. The van der Waals surface area contributed by atoms with Crippen LogP contribution in [0.15, 0.2) is 51.7 Å². The van der Waals surface area contributed by atoms with Crippen molar-refractivity contribution in [3.63, 3.8) is 0 Å². The molecule has 0 saturated heterocycles. The van der Waals surface area contributed by atoms with Gasteiger partial charge in [0.1, 0.15) is 17.9 Å². The topological polar surface area (TPSA) is 65.7 Å². The van der Waals surface area contributed by atoms with Crippen LogP contribution < -0.4 is 10.4 Å². The molecular weight excluding hydrogens is 344 g/mol. The van der Waals surface area contributed by atoms with E-state index >= 15 is 0 Å². The smallest absolute Gasteiger partial charge is 0.344 e. The Morgan fingerprint density at radius 2 is 1.78 bits per heavy atom. The first-order valence-electron chi connectivity index (χ1n) is 8.87. The van der Waals surface area contributed by atoms with Crippen molar-refractivity contribution in [2.45, 2.75) is 33.8 Å². The zero-order valence-corrected chi connectivity index (χ0v) is 15.7. The summed E-state index contributed by atoms with van der Waals surface area (Å²) in [6.45, 7) is 5.76. The van der Waals surface area contributed by atoms with E-state index in [9.17, 15) is 9.59 Å². The van der Waals surface area contributed by atoms with Gasteiger partial charge in [-0.15, -0.1) is 0 Å². The van der Waals surface area contributed by atoms with Crippen molar-refractivity contribution in [3.8, 4) is 5.75 Å². The summed E-state index contributed by atoms with van der Waals surface area (Å²) in [7, 11) is 0. The summed E-state index contributed by atoms with van der Waals surface area (Å²) >= 11 is 0. The minimum atomic E-state index is -0.499. The van der Waals surface area contributed by atoms with E-state index in [0.717, 1.165) is 28.5 Å². The molecule has 0 N–H and O–H groups in total. The quantitative estimate of drug-likeness (QED) is 0.485. The average Bonchev–Trinajstić information content (AvgIpc) is 2.63. The molecule has 0 saturated carbocycles. The molecule has 0 bridgehead atoms. The van der Waals surface area contributed by atoms with Crippen LogP contribution in [0.5, 0.6) is 5.75 Å². The molecule has 140 valence electrons. The summed E-state index contributed by atoms with van der Waals surface area (Å²) in [6.07, 6.45) is 0.842. The van der Waals surface area contributed by atoms with Gasteiger partial charge in [0.2, 0.25) is 0 Å². The third-order valence-electron chi connectivity index (χ3n) is 4.24. The van der Waals surface area contributed by atoms with Gasteiger partial charge in [-0.2, -0.15) is 0 Å². The van der Waals surface area contributed by atoms with Gasteiger partial charge in [0.25, 0.3) is 0 Å². The lowest BCUT2D eigenvalue weighted by molar-refractivity contribution is -0.147. The van der Waals surface area contributed by atoms with Crippen LogP contribution in [0.25, 0.3) is 11.0 Å². The maximum atomic E-state index is 12.0. The Morgan fingerprint density at radius 1 is 1.04 bits per heavy atom. The Balaban J connectivity index is 1.67. The Morgan fingerprint density at radius 3 is 2.48 bits per heavy atom. The fourth-order valence-corrected chi connectivity index (χ4v) is 2.97. The summed E-state index contributed by atoms with van der Waals surface area (Å²) in [5.74, 6) is 0.128. The molecule has 0 unspecified atom stereocenters. The average molecular weight is 366 g/mol. The SMILES string of the molecule is CCc1ccc2c(COC(=O)COc3cc(C)cc(C)c3)cc(=O)oc2c1. The molecule has 0 radical (unpaired) electrons. The zero-order valence-electron chi connectivity index (χ0n) is 15.7. The van der Waals surface area contributed by atoms with E-state index in [-0.39, 0.29) is 13.2 Å². The van der Waals surface area contributed by atoms with Crippen molar-refractivity contribution in [2.75, 3.05) is 6.61 Å². The molecule has 2 aromatic carbocycles. The van der Waals surface area contributed by atoms with Crippen LogP contribution in [-0.2, 0) is 22.6 Å². The number of esters is 1. The molecule has 0 aliphatic rings. The Kier molecular flexibility index (Phi) is 5.60. The van der Waals surface area contributed by atoms with E-state index in [1.807, 2.05) is 57.2 Å². The van der Waals surface area contributed by atoms with Gasteiger partial charge in [0.15, 0.2) is 6.61 Å². The fraction of sp³-hybridized carbons (Fsp3) is 0.273. The third kappa shape index (κ3) is 4.76. The monoisotopic (exact) mass is 366 g/mol. The highest BCUT2D eigenvalue weighted by atomic mass is 16.6. The molecule has 1 aromatic heterocycles. The van der Waals surface area contributed by atoms with Gasteiger partial charge in [0, 0.05) is 17.0 Å². The highest BCUT2D eigenvalue weighted by Gasteiger charge is 2.10. The predicted octanol–water partition coefficient (Wildman–Crippen LogP) is 4.09. The van der Waals surface area contributed by atoms with Gasteiger partial charge in [-0.25, -0.2) is 9.59 Å². The van der Waals surface area contributed by atoms with Crippen molar-refractivity contribution >= 4 is 16.9 Å². The van der Waals surface area contributed by atoms with Crippen LogP contribution >= 0.6 is 0 Å². The highest BCUT2D eigenvalue weighted by molar-refractivity contribution is 5.81. The zero-order chi connectivity index (χ0) is 19.4. The lowest BCUT2D eigenvalue weighted by Gasteiger charge is -2.10. The molecule has 0 aliphatic heterocycles. The maximum Gasteiger partial charge on any atom is 0.344 e. The predicted molar refractivity (Wildman–Crippen MR) is 103 cm³/mol. The number of ether oxygens (including phenoxy) is 2. The molecule has 0 spiro atoms. The standard InChI is InChI=1S/C22H22O5/c1-4-16-5-6-19-17(11-21(23)27-20(19)10-16)12-26-22(24)13-25-18-8-14(2)7-15(3)9-18/h5-11H,4,12-13H2,1-3H3. The molecule has 0 fully saturated rings. The highest BCUT2D eigenvalue weighted by Crippen LogP contribution is 2.20. The van der Waals surface area contributed by atoms with E-state index in [1.54, 1.807) is 0 Å². The van der Waals surface area contributed by atoms with Crippen LogP contribution in [0.4, 0.5) is 0 Å². The van der Waals surface area contributed by atoms with Gasteiger partial charge in [-0.3, -0.25) is 0 Å². The lowest BCUT2D eigenvalue weighted by Crippen LogP contribution is -2.15. The number of hydrogen-bond donors (Lipinski definition) is 0. The van der Waals surface area contributed by atoms with Crippen molar-refractivity contribution in [3.05, 3.63) is 75.1 Å². The summed E-state index contributed by atoms with van der Waals surface area (Å²) < 4.78 is 16.0. The summed E-state index contributed by atoms with van der Waals surface area (Å²) in [5.41, 5.74) is 3.84. The van der Waals surface area contributed by atoms with Gasteiger partial charge >= 0.3 is 11.6 Å². The van der Waals surface area contributed by atoms with Crippen molar-refractivity contribution < 1.29 is 18.7 Å². The first-order chi connectivity index (χ1) is 12.9.